The fraction of sp³-hybridized carbons (Fsp3) is 0.0909. The molecule has 2 rings (SSSR count). The van der Waals surface area contributed by atoms with Gasteiger partial charge in [-0.3, -0.25) is 0 Å². The molecule has 0 aliphatic carbocycles. The zero-order valence-electron chi connectivity index (χ0n) is 7.96. The highest BCUT2D eigenvalue weighted by Gasteiger charge is 2.02. The molecule has 74 valence electrons. The normalized spacial score (nSPS) is 9.87. The van der Waals surface area contributed by atoms with E-state index in [0.717, 1.165) is 11.4 Å². The Morgan fingerprint density at radius 2 is 2.07 bits per heavy atom. The van der Waals surface area contributed by atoms with Gasteiger partial charge in [-0.2, -0.15) is 0 Å². The minimum Gasteiger partial charge on any atom is -0.390 e. The van der Waals surface area contributed by atoms with Gasteiger partial charge in [-0.1, -0.05) is 12.1 Å². The second kappa shape index (κ2) is 3.95. The van der Waals surface area contributed by atoms with E-state index in [4.69, 9.17) is 11.7 Å². The van der Waals surface area contributed by atoms with Crippen LogP contribution < -0.4 is 0 Å². The van der Waals surface area contributed by atoms with Crippen LogP contribution in [0.5, 0.6) is 0 Å². The molecular formula is C11H9N3O. The summed E-state index contributed by atoms with van der Waals surface area (Å²) in [5.74, 6) is 0. The fourth-order valence-electron chi connectivity index (χ4n) is 1.36. The summed E-state index contributed by atoms with van der Waals surface area (Å²) < 4.78 is 1.79. The number of aliphatic hydroxyl groups excluding tert-OH is 1. The van der Waals surface area contributed by atoms with Crippen LogP contribution in [0.1, 0.15) is 5.69 Å². The van der Waals surface area contributed by atoms with Gasteiger partial charge in [0.05, 0.1) is 31.4 Å². The predicted molar refractivity (Wildman–Crippen MR) is 55.7 cm³/mol. The van der Waals surface area contributed by atoms with Gasteiger partial charge in [0, 0.05) is 5.69 Å². The number of nitrogens with zero attached hydrogens (tertiary/aromatic N) is 3. The van der Waals surface area contributed by atoms with Crippen molar-refractivity contribution >= 4 is 5.69 Å². The van der Waals surface area contributed by atoms with Crippen LogP contribution in [0.3, 0.4) is 0 Å². The molecule has 1 heterocycles. The fourth-order valence-corrected chi connectivity index (χ4v) is 1.36. The highest BCUT2D eigenvalue weighted by molar-refractivity contribution is 5.49. The van der Waals surface area contributed by atoms with Crippen LogP contribution in [0.25, 0.3) is 10.5 Å². The average Bonchev–Trinajstić information content (AvgIpc) is 2.77. The van der Waals surface area contributed by atoms with E-state index in [-0.39, 0.29) is 6.61 Å². The molecule has 0 unspecified atom stereocenters. The Bertz CT molecular complexity index is 493. The highest BCUT2D eigenvalue weighted by Crippen LogP contribution is 2.16. The molecule has 0 amide bonds. The Kier molecular flexibility index (Phi) is 2.48. The predicted octanol–water partition coefficient (Wildman–Crippen LogP) is 1.92. The van der Waals surface area contributed by atoms with Crippen molar-refractivity contribution in [3.63, 3.8) is 0 Å². The molecule has 0 saturated heterocycles. The van der Waals surface area contributed by atoms with E-state index in [9.17, 15) is 0 Å². The van der Waals surface area contributed by atoms with Crippen molar-refractivity contribution in [2.24, 2.45) is 0 Å². The molecule has 4 nitrogen and oxygen atoms in total. The molecular weight excluding hydrogens is 190 g/mol. The van der Waals surface area contributed by atoms with Gasteiger partial charge in [0.15, 0.2) is 5.69 Å². The summed E-state index contributed by atoms with van der Waals surface area (Å²) in [6, 6.07) is 7.13. The number of hydrogen-bond acceptors (Lipinski definition) is 2. The SMILES string of the molecule is [C-]#[N+]c1ccc(-n2cncc2CO)cc1. The van der Waals surface area contributed by atoms with Gasteiger partial charge in [0.2, 0.25) is 0 Å². The highest BCUT2D eigenvalue weighted by atomic mass is 16.3. The molecule has 0 fully saturated rings. The standard InChI is InChI=1S/C11H9N3O/c1-12-9-2-4-10(5-3-9)14-8-13-6-11(14)7-15/h2-6,8,15H,7H2. The smallest absolute Gasteiger partial charge is 0.187 e. The molecule has 0 spiro atoms. The van der Waals surface area contributed by atoms with Crippen molar-refractivity contribution in [2.45, 2.75) is 6.61 Å². The molecule has 0 aliphatic rings. The number of hydrogen-bond donors (Lipinski definition) is 1. The van der Waals surface area contributed by atoms with E-state index in [1.165, 1.54) is 0 Å². The molecule has 15 heavy (non-hydrogen) atoms. The maximum absolute atomic E-state index is 9.06. The number of aromatic nitrogens is 2. The van der Waals surface area contributed by atoms with Crippen LogP contribution in [0.2, 0.25) is 0 Å². The van der Waals surface area contributed by atoms with Crippen molar-refractivity contribution in [3.05, 3.63) is 53.9 Å². The van der Waals surface area contributed by atoms with Crippen LogP contribution in [-0.4, -0.2) is 14.7 Å². The molecule has 1 aromatic heterocycles. The molecule has 1 N–H and O–H groups in total. The second-order valence-corrected chi connectivity index (χ2v) is 3.04. The molecule has 0 radical (unpaired) electrons. The van der Waals surface area contributed by atoms with E-state index < -0.39 is 0 Å². The van der Waals surface area contributed by atoms with E-state index in [2.05, 4.69) is 9.83 Å². The molecule has 0 aliphatic heterocycles. The monoisotopic (exact) mass is 199 g/mol. The van der Waals surface area contributed by atoms with Gasteiger partial charge in [-0.15, -0.1) is 0 Å². The summed E-state index contributed by atoms with van der Waals surface area (Å²) in [4.78, 5) is 7.27. The first-order valence-corrected chi connectivity index (χ1v) is 4.45. The Labute approximate surface area is 87.3 Å². The lowest BCUT2D eigenvalue weighted by atomic mass is 10.3. The number of rotatable bonds is 2. The number of benzene rings is 1. The van der Waals surface area contributed by atoms with Gasteiger partial charge in [0.25, 0.3) is 0 Å². The molecule has 0 saturated carbocycles. The van der Waals surface area contributed by atoms with Crippen LogP contribution >= 0.6 is 0 Å². The summed E-state index contributed by atoms with van der Waals surface area (Å²) in [6.45, 7) is 6.78. The second-order valence-electron chi connectivity index (χ2n) is 3.04. The Hall–Kier alpha value is -2.12. The molecule has 1 aromatic carbocycles. The van der Waals surface area contributed by atoms with Gasteiger partial charge in [-0.25, -0.2) is 9.83 Å². The summed E-state index contributed by atoms with van der Waals surface area (Å²) >= 11 is 0. The first-order chi connectivity index (χ1) is 7.35. The summed E-state index contributed by atoms with van der Waals surface area (Å²) in [5, 5.41) is 9.06. The van der Waals surface area contributed by atoms with E-state index in [1.54, 1.807) is 29.2 Å². The first kappa shape index (κ1) is 9.44. The Balaban J connectivity index is 2.42. The van der Waals surface area contributed by atoms with Crippen LogP contribution in [0.4, 0.5) is 5.69 Å². The van der Waals surface area contributed by atoms with Crippen molar-refractivity contribution in [1.82, 2.24) is 9.55 Å². The van der Waals surface area contributed by atoms with Crippen LogP contribution in [0.15, 0.2) is 36.8 Å². The summed E-state index contributed by atoms with van der Waals surface area (Å²) in [5.41, 5.74) is 2.22. The van der Waals surface area contributed by atoms with Crippen molar-refractivity contribution in [2.75, 3.05) is 0 Å². The van der Waals surface area contributed by atoms with Gasteiger partial charge >= 0.3 is 0 Å². The van der Waals surface area contributed by atoms with Crippen LogP contribution in [0, 0.1) is 6.57 Å². The largest absolute Gasteiger partial charge is 0.390 e. The van der Waals surface area contributed by atoms with E-state index in [0.29, 0.717) is 5.69 Å². The van der Waals surface area contributed by atoms with E-state index >= 15 is 0 Å². The Morgan fingerprint density at radius 3 is 2.67 bits per heavy atom. The lowest BCUT2D eigenvalue weighted by Crippen LogP contribution is -1.97. The van der Waals surface area contributed by atoms with Gasteiger partial charge in [-0.05, 0) is 12.1 Å². The zero-order chi connectivity index (χ0) is 10.7. The summed E-state index contributed by atoms with van der Waals surface area (Å²) in [7, 11) is 0. The quantitative estimate of drug-likeness (QED) is 0.751. The minimum atomic E-state index is -0.0510. The molecule has 2 aromatic rings. The van der Waals surface area contributed by atoms with Gasteiger partial charge < -0.3 is 9.67 Å². The maximum atomic E-state index is 9.06. The van der Waals surface area contributed by atoms with Crippen molar-refractivity contribution in [3.8, 4) is 5.69 Å². The first-order valence-electron chi connectivity index (χ1n) is 4.45. The third kappa shape index (κ3) is 1.73. The molecule has 0 atom stereocenters. The number of imidazole rings is 1. The van der Waals surface area contributed by atoms with Crippen molar-refractivity contribution < 1.29 is 5.11 Å². The maximum Gasteiger partial charge on any atom is 0.187 e. The Morgan fingerprint density at radius 1 is 1.33 bits per heavy atom. The minimum absolute atomic E-state index is 0.0510. The lowest BCUT2D eigenvalue weighted by molar-refractivity contribution is 0.274. The van der Waals surface area contributed by atoms with E-state index in [1.807, 2.05) is 12.1 Å². The zero-order valence-corrected chi connectivity index (χ0v) is 7.96. The number of aliphatic hydroxyl groups is 1. The molecule has 4 heteroatoms. The third-order valence-electron chi connectivity index (χ3n) is 2.13. The molecule has 0 bridgehead atoms. The topological polar surface area (TPSA) is 42.4 Å². The third-order valence-corrected chi connectivity index (χ3v) is 2.13. The van der Waals surface area contributed by atoms with Crippen molar-refractivity contribution in [1.29, 1.82) is 0 Å². The summed E-state index contributed by atoms with van der Waals surface area (Å²) in [6.07, 6.45) is 3.25. The average molecular weight is 199 g/mol. The lowest BCUT2D eigenvalue weighted by Gasteiger charge is -2.05. The van der Waals surface area contributed by atoms with Crippen LogP contribution in [-0.2, 0) is 6.61 Å². The van der Waals surface area contributed by atoms with Gasteiger partial charge in [0.1, 0.15) is 0 Å².